The molecule has 0 radical (unpaired) electrons. The normalized spacial score (nSPS) is 13.6. The van der Waals surface area contributed by atoms with Crippen LogP contribution < -0.4 is 0 Å². The van der Waals surface area contributed by atoms with Gasteiger partial charge in [-0.2, -0.15) is 13.2 Å². The molecule has 0 unspecified atom stereocenters. The average Bonchev–Trinajstić information content (AvgIpc) is 1.60. The zero-order chi connectivity index (χ0) is 8.36. The Morgan fingerprint density at radius 2 is 1.70 bits per heavy atom. The molecule has 0 amide bonds. The van der Waals surface area contributed by atoms with Crippen LogP contribution in [0.25, 0.3) is 0 Å². The highest BCUT2D eigenvalue weighted by molar-refractivity contribution is 4.97. The largest absolute Gasteiger partial charge is 0.444 e. The zero-order valence-electron chi connectivity index (χ0n) is 5.54. The lowest BCUT2D eigenvalue weighted by Gasteiger charge is -2.07. The third-order valence-corrected chi connectivity index (χ3v) is 0.642. The number of hydrogen-bond donors (Lipinski definition) is 0. The minimum absolute atomic E-state index is 0.375. The average molecular weight is 157 g/mol. The van der Waals surface area contributed by atoms with Crippen LogP contribution >= 0.6 is 0 Å². The maximum absolute atomic E-state index is 11.9. The van der Waals surface area contributed by atoms with Crippen molar-refractivity contribution in [2.75, 3.05) is 14.1 Å². The number of nitrogens with zero attached hydrogens (tertiary/aromatic N) is 1. The van der Waals surface area contributed by atoms with Crippen LogP contribution in [0.15, 0.2) is 12.0 Å². The molecule has 0 spiro atoms. The third kappa shape index (κ3) is 3.32. The van der Waals surface area contributed by atoms with E-state index in [1.807, 2.05) is 0 Å². The maximum Gasteiger partial charge on any atom is 0.444 e. The van der Waals surface area contributed by atoms with E-state index in [-0.39, 0.29) is 0 Å². The predicted octanol–water partition coefficient (Wildman–Crippen LogP) is 1.92. The van der Waals surface area contributed by atoms with Crippen molar-refractivity contribution in [3.63, 3.8) is 0 Å². The number of alkyl halides is 3. The molecule has 0 aromatic rings. The van der Waals surface area contributed by atoms with Crippen molar-refractivity contribution in [2.45, 2.75) is 6.18 Å². The molecule has 0 aliphatic carbocycles. The van der Waals surface area contributed by atoms with Gasteiger partial charge in [0.05, 0.1) is 0 Å². The molecule has 0 aromatic heterocycles. The first-order valence-electron chi connectivity index (χ1n) is 2.45. The highest BCUT2D eigenvalue weighted by Crippen LogP contribution is 2.26. The van der Waals surface area contributed by atoms with Gasteiger partial charge in [0.15, 0.2) is 0 Å². The summed E-state index contributed by atoms with van der Waals surface area (Å²) in [6.07, 6.45) is -4.48. The summed E-state index contributed by atoms with van der Waals surface area (Å²) in [5.41, 5.74) is 0. The quantitative estimate of drug-likeness (QED) is 0.525. The van der Waals surface area contributed by atoms with Gasteiger partial charge in [-0.05, 0) is 0 Å². The van der Waals surface area contributed by atoms with Gasteiger partial charge in [0.2, 0.25) is 5.83 Å². The Bertz CT molecular complexity index is 135. The molecule has 0 atom stereocenters. The molecule has 0 aliphatic rings. The topological polar surface area (TPSA) is 3.24 Å². The molecule has 0 heterocycles. The van der Waals surface area contributed by atoms with Crippen molar-refractivity contribution in [2.24, 2.45) is 0 Å². The summed E-state index contributed by atoms with van der Waals surface area (Å²) >= 11 is 0. The van der Waals surface area contributed by atoms with E-state index in [0.29, 0.717) is 6.20 Å². The predicted molar refractivity (Wildman–Crippen MR) is 28.9 cm³/mol. The van der Waals surface area contributed by atoms with E-state index in [9.17, 15) is 17.6 Å². The van der Waals surface area contributed by atoms with E-state index in [1.165, 1.54) is 14.1 Å². The number of allylic oxidation sites excluding steroid dienone is 1. The molecule has 5 heteroatoms. The van der Waals surface area contributed by atoms with E-state index in [4.69, 9.17) is 0 Å². The summed E-state index contributed by atoms with van der Waals surface area (Å²) < 4.78 is 45.9. The Hall–Kier alpha value is -0.740. The summed E-state index contributed by atoms with van der Waals surface area (Å²) in [4.78, 5) is 0.989. The fraction of sp³-hybridized carbons (Fsp3) is 0.600. The second kappa shape index (κ2) is 2.90. The van der Waals surface area contributed by atoms with Gasteiger partial charge in [0, 0.05) is 20.3 Å². The van der Waals surface area contributed by atoms with Crippen LogP contribution in [0.1, 0.15) is 0 Å². The van der Waals surface area contributed by atoms with Crippen LogP contribution in [0, 0.1) is 0 Å². The van der Waals surface area contributed by atoms with Crippen LogP contribution in [-0.2, 0) is 0 Å². The van der Waals surface area contributed by atoms with Crippen LogP contribution in [0.2, 0.25) is 0 Å². The highest BCUT2D eigenvalue weighted by Gasteiger charge is 2.34. The van der Waals surface area contributed by atoms with Gasteiger partial charge in [-0.25, -0.2) is 4.39 Å². The summed E-state index contributed by atoms with van der Waals surface area (Å²) in [6, 6.07) is 0. The van der Waals surface area contributed by atoms with Crippen molar-refractivity contribution in [1.29, 1.82) is 0 Å². The van der Waals surface area contributed by atoms with Crippen molar-refractivity contribution in [1.82, 2.24) is 4.90 Å². The van der Waals surface area contributed by atoms with Crippen LogP contribution in [0.5, 0.6) is 0 Å². The lowest BCUT2D eigenvalue weighted by atomic mass is 10.5. The molecule has 0 bridgehead atoms. The van der Waals surface area contributed by atoms with Crippen molar-refractivity contribution < 1.29 is 17.6 Å². The zero-order valence-corrected chi connectivity index (χ0v) is 5.54. The number of hydrogen-bond acceptors (Lipinski definition) is 1. The Kier molecular flexibility index (Phi) is 2.68. The monoisotopic (exact) mass is 157 g/mol. The lowest BCUT2D eigenvalue weighted by Crippen LogP contribution is -2.12. The van der Waals surface area contributed by atoms with Crippen LogP contribution in [0.3, 0.4) is 0 Å². The van der Waals surface area contributed by atoms with Crippen LogP contribution in [0.4, 0.5) is 17.6 Å². The van der Waals surface area contributed by atoms with Crippen molar-refractivity contribution in [3.05, 3.63) is 12.0 Å². The van der Waals surface area contributed by atoms with Gasteiger partial charge in [0.25, 0.3) is 0 Å². The molecule has 0 saturated carbocycles. The van der Waals surface area contributed by atoms with Crippen LogP contribution in [-0.4, -0.2) is 25.2 Å². The van der Waals surface area contributed by atoms with Crippen molar-refractivity contribution in [3.8, 4) is 0 Å². The fourth-order valence-electron chi connectivity index (χ4n) is 0.300. The first-order valence-corrected chi connectivity index (χ1v) is 2.45. The maximum atomic E-state index is 11.9. The van der Waals surface area contributed by atoms with Gasteiger partial charge >= 0.3 is 6.18 Å². The first-order chi connectivity index (χ1) is 4.34. The highest BCUT2D eigenvalue weighted by atomic mass is 19.4. The number of rotatable bonds is 1. The van der Waals surface area contributed by atoms with E-state index >= 15 is 0 Å². The molecule has 0 aliphatic heterocycles. The van der Waals surface area contributed by atoms with Gasteiger partial charge in [-0.3, -0.25) is 0 Å². The Labute approximate surface area is 55.9 Å². The summed E-state index contributed by atoms with van der Waals surface area (Å²) in [5.74, 6) is -2.09. The Balaban J connectivity index is 4.20. The van der Waals surface area contributed by atoms with Crippen molar-refractivity contribution >= 4 is 0 Å². The van der Waals surface area contributed by atoms with Gasteiger partial charge in [-0.15, -0.1) is 0 Å². The summed E-state index contributed by atoms with van der Waals surface area (Å²) in [5, 5.41) is 0. The van der Waals surface area contributed by atoms with E-state index in [0.717, 1.165) is 4.90 Å². The molecule has 0 rings (SSSR count). The molecule has 1 nitrogen and oxygen atoms in total. The van der Waals surface area contributed by atoms with E-state index < -0.39 is 12.0 Å². The lowest BCUT2D eigenvalue weighted by molar-refractivity contribution is -0.109. The van der Waals surface area contributed by atoms with Gasteiger partial charge < -0.3 is 4.90 Å². The Morgan fingerprint density at radius 1 is 1.30 bits per heavy atom. The fourth-order valence-corrected chi connectivity index (χ4v) is 0.300. The molecule has 0 N–H and O–H groups in total. The van der Waals surface area contributed by atoms with Gasteiger partial charge in [-0.1, -0.05) is 0 Å². The molecule has 60 valence electrons. The Morgan fingerprint density at radius 3 is 1.80 bits per heavy atom. The van der Waals surface area contributed by atoms with E-state index in [1.54, 1.807) is 0 Å². The molecular formula is C5H7F4N. The second-order valence-electron chi connectivity index (χ2n) is 1.94. The molecule has 0 saturated heterocycles. The number of halogens is 4. The smallest absolute Gasteiger partial charge is 0.381 e. The molecule has 10 heavy (non-hydrogen) atoms. The summed E-state index contributed by atoms with van der Waals surface area (Å²) in [7, 11) is 2.62. The van der Waals surface area contributed by atoms with Gasteiger partial charge in [0.1, 0.15) is 0 Å². The second-order valence-corrected chi connectivity index (χ2v) is 1.94. The molecule has 0 aromatic carbocycles. The summed E-state index contributed by atoms with van der Waals surface area (Å²) in [6.45, 7) is 0. The standard InChI is InChI=1S/C5H7F4N/c1-10(2)3-4(6)5(7,8)9/h3H,1-2H3. The molecular weight excluding hydrogens is 150 g/mol. The third-order valence-electron chi connectivity index (χ3n) is 0.642. The minimum atomic E-state index is -4.86. The molecule has 0 fully saturated rings. The SMILES string of the molecule is CN(C)C=C(F)C(F)(F)F. The first kappa shape index (κ1) is 9.26. The minimum Gasteiger partial charge on any atom is -0.381 e. The van der Waals surface area contributed by atoms with E-state index in [2.05, 4.69) is 0 Å².